The number of amides is 1. The lowest BCUT2D eigenvalue weighted by Crippen LogP contribution is -2.52. The molecule has 0 aromatic heterocycles. The van der Waals surface area contributed by atoms with Crippen molar-refractivity contribution in [1.82, 2.24) is 4.90 Å². The van der Waals surface area contributed by atoms with Gasteiger partial charge in [-0.15, -0.1) is 0 Å². The number of likely N-dealkylation sites (N-methyl/N-ethyl adjacent to an activating group) is 1. The lowest BCUT2D eigenvalue weighted by Gasteiger charge is -2.28. The van der Waals surface area contributed by atoms with Crippen molar-refractivity contribution in [3.63, 3.8) is 0 Å². The third-order valence-corrected chi connectivity index (χ3v) is 4.50. The minimum Gasteiger partial charge on any atom is -0.496 e. The lowest BCUT2D eigenvalue weighted by atomic mass is 9.97. The van der Waals surface area contributed by atoms with E-state index in [1.807, 2.05) is 19.2 Å². The summed E-state index contributed by atoms with van der Waals surface area (Å²) in [5.74, 6) is 2.10. The Morgan fingerprint density at radius 2 is 1.67 bits per heavy atom. The van der Waals surface area contributed by atoms with Crippen molar-refractivity contribution in [1.29, 1.82) is 0 Å². The molecule has 1 amide bonds. The summed E-state index contributed by atoms with van der Waals surface area (Å²) in [5, 5.41) is 0. The van der Waals surface area contributed by atoms with Crippen LogP contribution in [0.5, 0.6) is 17.2 Å². The first-order valence-electron chi connectivity index (χ1n) is 8.39. The van der Waals surface area contributed by atoms with E-state index in [1.54, 1.807) is 25.2 Å². The van der Waals surface area contributed by atoms with Gasteiger partial charge < -0.3 is 24.8 Å². The number of hydrogen-bond acceptors (Lipinski definition) is 5. The van der Waals surface area contributed by atoms with Crippen molar-refractivity contribution < 1.29 is 19.0 Å². The van der Waals surface area contributed by atoms with Crippen LogP contribution in [0, 0.1) is 0 Å². The maximum absolute atomic E-state index is 12.4. The van der Waals surface area contributed by atoms with Gasteiger partial charge in [-0.2, -0.15) is 0 Å². The van der Waals surface area contributed by atoms with E-state index in [-0.39, 0.29) is 5.91 Å². The Morgan fingerprint density at radius 1 is 1.12 bits per heavy atom. The zero-order valence-corrected chi connectivity index (χ0v) is 14.8. The van der Waals surface area contributed by atoms with Crippen LogP contribution in [-0.4, -0.2) is 50.8 Å². The van der Waals surface area contributed by atoms with Crippen molar-refractivity contribution in [3.05, 3.63) is 18.2 Å². The van der Waals surface area contributed by atoms with Crippen LogP contribution in [0.1, 0.15) is 32.1 Å². The number of nitrogens with two attached hydrogens (primary N) is 1. The number of methoxy groups -OCH3 is 2. The van der Waals surface area contributed by atoms with Crippen molar-refractivity contribution in [2.24, 2.45) is 5.73 Å². The fourth-order valence-electron chi connectivity index (χ4n) is 3.06. The van der Waals surface area contributed by atoms with Gasteiger partial charge in [0.25, 0.3) is 0 Å². The average Bonchev–Trinajstić information content (AvgIpc) is 3.05. The Kier molecular flexibility index (Phi) is 6.31. The maximum atomic E-state index is 12.4. The van der Waals surface area contributed by atoms with Gasteiger partial charge in [0.2, 0.25) is 5.91 Å². The Bertz CT molecular complexity index is 534. The molecule has 0 bridgehead atoms. The highest BCUT2D eigenvalue weighted by atomic mass is 16.5. The summed E-state index contributed by atoms with van der Waals surface area (Å²) in [6, 6.07) is 5.41. The van der Waals surface area contributed by atoms with Gasteiger partial charge in [-0.3, -0.25) is 4.79 Å². The lowest BCUT2D eigenvalue weighted by molar-refractivity contribution is -0.135. The number of carbonyl (C=O) groups is 1. The zero-order valence-electron chi connectivity index (χ0n) is 14.8. The molecule has 0 atom stereocenters. The molecule has 2 rings (SSSR count). The van der Waals surface area contributed by atoms with Gasteiger partial charge >= 0.3 is 0 Å². The molecule has 1 saturated carbocycles. The molecule has 1 fully saturated rings. The number of nitrogens with zero attached hydrogens (tertiary/aromatic N) is 1. The van der Waals surface area contributed by atoms with E-state index in [1.165, 1.54) is 0 Å². The van der Waals surface area contributed by atoms with E-state index in [9.17, 15) is 4.79 Å². The van der Waals surface area contributed by atoms with Crippen LogP contribution in [-0.2, 0) is 4.79 Å². The van der Waals surface area contributed by atoms with Gasteiger partial charge in [-0.25, -0.2) is 0 Å². The summed E-state index contributed by atoms with van der Waals surface area (Å²) in [6.07, 6.45) is 4.39. The van der Waals surface area contributed by atoms with Gasteiger partial charge in [-0.05, 0) is 19.3 Å². The van der Waals surface area contributed by atoms with Crippen molar-refractivity contribution in [3.8, 4) is 17.2 Å². The first-order valence-corrected chi connectivity index (χ1v) is 8.39. The highest BCUT2D eigenvalue weighted by Gasteiger charge is 2.38. The van der Waals surface area contributed by atoms with Crippen molar-refractivity contribution in [2.45, 2.75) is 37.6 Å². The number of hydrogen-bond donors (Lipinski definition) is 1. The maximum Gasteiger partial charge on any atom is 0.242 e. The average molecular weight is 336 g/mol. The molecule has 24 heavy (non-hydrogen) atoms. The molecule has 1 aromatic rings. The number of rotatable bonds is 8. The molecule has 134 valence electrons. The third kappa shape index (κ3) is 4.54. The molecule has 6 nitrogen and oxygen atoms in total. The summed E-state index contributed by atoms with van der Waals surface area (Å²) in [7, 11) is 5.01. The van der Waals surface area contributed by atoms with Crippen LogP contribution in [0.25, 0.3) is 0 Å². The monoisotopic (exact) mass is 336 g/mol. The summed E-state index contributed by atoms with van der Waals surface area (Å²) in [6.45, 7) is 1.13. The Balaban J connectivity index is 1.79. The summed E-state index contributed by atoms with van der Waals surface area (Å²) < 4.78 is 16.2. The second kappa shape index (κ2) is 8.24. The minimum atomic E-state index is -0.657. The number of ether oxygens (including phenoxy) is 3. The molecule has 1 aromatic carbocycles. The van der Waals surface area contributed by atoms with Crippen molar-refractivity contribution in [2.75, 3.05) is 34.4 Å². The Morgan fingerprint density at radius 3 is 2.21 bits per heavy atom. The van der Waals surface area contributed by atoms with E-state index in [0.717, 1.165) is 32.1 Å². The molecule has 1 aliphatic carbocycles. The molecule has 0 saturated heterocycles. The fourth-order valence-corrected chi connectivity index (χ4v) is 3.06. The summed E-state index contributed by atoms with van der Waals surface area (Å²) in [4.78, 5) is 14.1. The topological polar surface area (TPSA) is 74.0 Å². The highest BCUT2D eigenvalue weighted by Crippen LogP contribution is 2.29. The fraction of sp³-hybridized carbons (Fsp3) is 0.611. The van der Waals surface area contributed by atoms with E-state index in [2.05, 4.69) is 0 Å². The van der Waals surface area contributed by atoms with Gasteiger partial charge in [0.1, 0.15) is 17.2 Å². The standard InChI is InChI=1S/C18H28N2O4/c1-20(17(21)18(19)7-4-5-8-18)9-6-10-24-16-12-14(22-2)11-15(13-16)23-3/h11-13H,4-10,19H2,1-3H3. The Labute approximate surface area is 143 Å². The van der Waals surface area contributed by atoms with Crippen molar-refractivity contribution >= 4 is 5.91 Å². The van der Waals surface area contributed by atoms with Crippen LogP contribution in [0.4, 0.5) is 0 Å². The summed E-state index contributed by atoms with van der Waals surface area (Å²) >= 11 is 0. The SMILES string of the molecule is COc1cc(OC)cc(OCCCN(C)C(=O)C2(N)CCCC2)c1. The predicted molar refractivity (Wildman–Crippen MR) is 92.7 cm³/mol. The van der Waals surface area contributed by atoms with Crippen LogP contribution in [0.15, 0.2) is 18.2 Å². The van der Waals surface area contributed by atoms with Crippen LogP contribution in [0.2, 0.25) is 0 Å². The van der Waals surface area contributed by atoms with Crippen LogP contribution >= 0.6 is 0 Å². The number of benzene rings is 1. The third-order valence-electron chi connectivity index (χ3n) is 4.50. The van der Waals surface area contributed by atoms with Gasteiger partial charge in [0, 0.05) is 31.8 Å². The van der Waals surface area contributed by atoms with E-state index in [0.29, 0.717) is 30.4 Å². The highest BCUT2D eigenvalue weighted by molar-refractivity contribution is 5.86. The molecule has 0 unspecified atom stereocenters. The molecular formula is C18H28N2O4. The second-order valence-corrected chi connectivity index (χ2v) is 6.34. The molecule has 0 aliphatic heterocycles. The second-order valence-electron chi connectivity index (χ2n) is 6.34. The largest absolute Gasteiger partial charge is 0.496 e. The first-order chi connectivity index (χ1) is 11.5. The molecule has 0 heterocycles. The molecule has 1 aliphatic rings. The molecule has 6 heteroatoms. The molecular weight excluding hydrogens is 308 g/mol. The van der Waals surface area contributed by atoms with E-state index in [4.69, 9.17) is 19.9 Å². The normalized spacial score (nSPS) is 15.8. The van der Waals surface area contributed by atoms with Gasteiger partial charge in [-0.1, -0.05) is 12.8 Å². The smallest absolute Gasteiger partial charge is 0.242 e. The van der Waals surface area contributed by atoms with E-state index >= 15 is 0 Å². The molecule has 0 spiro atoms. The minimum absolute atomic E-state index is 0.0445. The zero-order chi connectivity index (χ0) is 17.6. The first kappa shape index (κ1) is 18.4. The van der Waals surface area contributed by atoms with Gasteiger partial charge in [0.05, 0.1) is 26.4 Å². The quantitative estimate of drug-likeness (QED) is 0.737. The number of carbonyl (C=O) groups excluding carboxylic acids is 1. The predicted octanol–water partition coefficient (Wildman–Crippen LogP) is 2.20. The molecule has 0 radical (unpaired) electrons. The summed E-state index contributed by atoms with van der Waals surface area (Å²) in [5.41, 5.74) is 5.56. The molecule has 2 N–H and O–H groups in total. The van der Waals surface area contributed by atoms with Crippen LogP contribution in [0.3, 0.4) is 0 Å². The Hall–Kier alpha value is -1.95. The van der Waals surface area contributed by atoms with Crippen LogP contribution < -0.4 is 19.9 Å². The van der Waals surface area contributed by atoms with E-state index < -0.39 is 5.54 Å². The van der Waals surface area contributed by atoms with Gasteiger partial charge in [0.15, 0.2) is 0 Å².